The van der Waals surface area contributed by atoms with Crippen molar-refractivity contribution in [3.05, 3.63) is 36.2 Å². The molecule has 2 saturated heterocycles. The zero-order chi connectivity index (χ0) is 27.6. The van der Waals surface area contributed by atoms with E-state index in [1.54, 1.807) is 37.4 Å². The number of likely N-dealkylation sites (tertiary alicyclic amines) is 1. The summed E-state index contributed by atoms with van der Waals surface area (Å²) < 4.78 is 46.5. The Labute approximate surface area is 231 Å². The maximum Gasteiger partial charge on any atom is 0.296 e. The molecule has 0 unspecified atom stereocenters. The Morgan fingerprint density at radius 3 is 2.55 bits per heavy atom. The van der Waals surface area contributed by atoms with Crippen molar-refractivity contribution >= 4 is 22.9 Å². The molecule has 2 aliphatic heterocycles. The summed E-state index contributed by atoms with van der Waals surface area (Å²) in [7, 11) is 1.73. The lowest BCUT2D eigenvalue weighted by molar-refractivity contribution is -0.144. The van der Waals surface area contributed by atoms with Crippen molar-refractivity contribution < 1.29 is 27.8 Å². The van der Waals surface area contributed by atoms with Gasteiger partial charge in [0.2, 0.25) is 17.7 Å². The molecule has 3 aromatic rings. The summed E-state index contributed by atoms with van der Waals surface area (Å²) in [4.78, 5) is 30.2. The van der Waals surface area contributed by atoms with Gasteiger partial charge in [-0.3, -0.25) is 9.36 Å². The summed E-state index contributed by atoms with van der Waals surface area (Å²) in [5, 5.41) is 0. The highest BCUT2D eigenvalue weighted by Crippen LogP contribution is 2.32. The van der Waals surface area contributed by atoms with E-state index in [9.17, 15) is 13.6 Å². The third kappa shape index (κ3) is 5.46. The maximum atomic E-state index is 14.1. The van der Waals surface area contributed by atoms with Crippen LogP contribution in [0.1, 0.15) is 37.9 Å². The van der Waals surface area contributed by atoms with Crippen molar-refractivity contribution in [2.45, 2.75) is 38.2 Å². The van der Waals surface area contributed by atoms with Crippen molar-refractivity contribution in [2.75, 3.05) is 58.0 Å². The number of ether oxygens (including phenoxy) is 3. The highest BCUT2D eigenvalue weighted by molar-refractivity contribution is 5.80. The van der Waals surface area contributed by atoms with E-state index < -0.39 is 6.43 Å². The molecule has 1 saturated carbocycles. The van der Waals surface area contributed by atoms with Crippen LogP contribution in [-0.4, -0.2) is 89.5 Å². The number of carbonyl (C=O) groups excluding carboxylic acids is 1. The van der Waals surface area contributed by atoms with Gasteiger partial charge in [-0.25, -0.2) is 13.8 Å². The van der Waals surface area contributed by atoms with E-state index in [4.69, 9.17) is 14.2 Å². The molecule has 40 heavy (non-hydrogen) atoms. The summed E-state index contributed by atoms with van der Waals surface area (Å²) in [5.74, 6) is 1.05. The maximum absolute atomic E-state index is 14.1. The number of amides is 1. The van der Waals surface area contributed by atoms with Gasteiger partial charge in [-0.1, -0.05) is 12.1 Å². The lowest BCUT2D eigenvalue weighted by Crippen LogP contribution is -2.54. The van der Waals surface area contributed by atoms with Gasteiger partial charge in [0, 0.05) is 51.2 Å². The van der Waals surface area contributed by atoms with Crippen molar-refractivity contribution in [1.29, 1.82) is 0 Å². The zero-order valence-electron chi connectivity index (χ0n) is 22.5. The van der Waals surface area contributed by atoms with Crippen LogP contribution < -0.4 is 9.64 Å². The number of hydrogen-bond donors (Lipinski definition) is 0. The number of anilines is 1. The van der Waals surface area contributed by atoms with Gasteiger partial charge < -0.3 is 24.0 Å². The Morgan fingerprint density at radius 1 is 1.07 bits per heavy atom. The fourth-order valence-corrected chi connectivity index (χ4v) is 5.79. The first-order chi connectivity index (χ1) is 19.5. The van der Waals surface area contributed by atoms with E-state index in [0.29, 0.717) is 68.9 Å². The molecule has 1 amide bonds. The minimum atomic E-state index is -2.79. The molecule has 2 aromatic heterocycles. The van der Waals surface area contributed by atoms with Gasteiger partial charge in [-0.15, -0.1) is 0 Å². The molecule has 12 heteroatoms. The highest BCUT2D eigenvalue weighted by atomic mass is 19.3. The number of hydrogen-bond acceptors (Lipinski definition) is 8. The van der Waals surface area contributed by atoms with Crippen molar-refractivity contribution in [2.24, 2.45) is 11.8 Å². The number of imidazole rings is 1. The van der Waals surface area contributed by atoms with Crippen LogP contribution in [0, 0.1) is 11.8 Å². The number of para-hydroxylation sites is 2. The largest absolute Gasteiger partial charge is 0.477 e. The van der Waals surface area contributed by atoms with Gasteiger partial charge in [0.1, 0.15) is 5.82 Å². The van der Waals surface area contributed by atoms with Crippen LogP contribution in [0.4, 0.5) is 14.7 Å². The highest BCUT2D eigenvalue weighted by Gasteiger charge is 2.36. The van der Waals surface area contributed by atoms with Gasteiger partial charge in [0.15, 0.2) is 5.82 Å². The Morgan fingerprint density at radius 2 is 1.82 bits per heavy atom. The summed E-state index contributed by atoms with van der Waals surface area (Å²) in [5.41, 5.74) is 0.991. The van der Waals surface area contributed by atoms with E-state index in [-0.39, 0.29) is 35.5 Å². The molecular weight excluding hydrogens is 522 g/mol. The predicted molar refractivity (Wildman–Crippen MR) is 143 cm³/mol. The Bertz CT molecular complexity index is 1330. The molecular formula is C28H34F2N6O4. The quantitative estimate of drug-likeness (QED) is 0.415. The minimum absolute atomic E-state index is 0.0720. The van der Waals surface area contributed by atoms with Gasteiger partial charge in [-0.2, -0.15) is 9.97 Å². The van der Waals surface area contributed by atoms with Crippen molar-refractivity contribution in [3.63, 3.8) is 0 Å². The normalized spacial score (nSPS) is 22.1. The third-order valence-electron chi connectivity index (χ3n) is 8.07. The molecule has 1 aliphatic carbocycles. The zero-order valence-corrected chi connectivity index (χ0v) is 22.5. The molecule has 0 bridgehead atoms. The average molecular weight is 557 g/mol. The molecule has 6 rings (SSSR count). The smallest absolute Gasteiger partial charge is 0.296 e. The summed E-state index contributed by atoms with van der Waals surface area (Å²) >= 11 is 0. The first kappa shape index (κ1) is 26.8. The van der Waals surface area contributed by atoms with Crippen LogP contribution >= 0.6 is 0 Å². The molecule has 1 aromatic carbocycles. The van der Waals surface area contributed by atoms with Crippen LogP contribution in [0.5, 0.6) is 5.88 Å². The number of alkyl halides is 2. The molecule has 3 fully saturated rings. The van der Waals surface area contributed by atoms with Crippen LogP contribution in [0.25, 0.3) is 16.9 Å². The number of rotatable bonds is 8. The molecule has 0 spiro atoms. The van der Waals surface area contributed by atoms with E-state index in [1.165, 1.54) is 4.57 Å². The second-order valence-corrected chi connectivity index (χ2v) is 10.7. The Hall–Kier alpha value is -3.38. The number of morpholine rings is 1. The summed E-state index contributed by atoms with van der Waals surface area (Å²) in [6.07, 6.45) is 1.06. The summed E-state index contributed by atoms with van der Waals surface area (Å²) in [6.45, 7) is 3.87. The van der Waals surface area contributed by atoms with E-state index in [1.807, 2.05) is 9.80 Å². The van der Waals surface area contributed by atoms with E-state index in [0.717, 1.165) is 25.7 Å². The molecule has 0 N–H and O–H groups in total. The van der Waals surface area contributed by atoms with Crippen LogP contribution in [0.15, 0.2) is 30.3 Å². The second-order valence-electron chi connectivity index (χ2n) is 10.7. The number of fused-ring (bicyclic) bond motifs is 1. The first-order valence-corrected chi connectivity index (χ1v) is 13.9. The fourth-order valence-electron chi connectivity index (χ4n) is 5.79. The predicted octanol–water partition coefficient (Wildman–Crippen LogP) is 3.63. The van der Waals surface area contributed by atoms with Crippen LogP contribution in [-0.2, 0) is 14.3 Å². The molecule has 0 radical (unpaired) electrons. The number of methoxy groups -OCH3 is 1. The van der Waals surface area contributed by atoms with Crippen LogP contribution in [0.2, 0.25) is 0 Å². The van der Waals surface area contributed by atoms with Gasteiger partial charge in [-0.05, 0) is 37.8 Å². The van der Waals surface area contributed by atoms with Crippen molar-refractivity contribution in [3.8, 4) is 11.7 Å². The number of aromatic nitrogens is 4. The molecule has 10 nitrogen and oxygen atoms in total. The van der Waals surface area contributed by atoms with Crippen LogP contribution in [0.3, 0.4) is 0 Å². The molecule has 4 heterocycles. The van der Waals surface area contributed by atoms with Gasteiger partial charge in [0.25, 0.3) is 6.43 Å². The van der Waals surface area contributed by atoms with E-state index in [2.05, 4.69) is 15.0 Å². The topological polar surface area (TPSA) is 94.8 Å². The monoisotopic (exact) mass is 556 g/mol. The molecule has 214 valence electrons. The standard InChI is InChI=1S/C28H34F2N6O4/c1-38-20-8-6-19(7-9-20)27(37)35-15-18(16-35)17-40-24-14-23(32-28(33-24)34-10-12-39-13-11-34)36-22-5-3-2-4-21(22)31-26(36)25(29)30/h2-5,14,18-20,25H,6-13,15-17H2,1H3. The van der Waals surface area contributed by atoms with Crippen molar-refractivity contribution in [1.82, 2.24) is 24.4 Å². The lowest BCUT2D eigenvalue weighted by Gasteiger charge is -2.41. The summed E-state index contributed by atoms with van der Waals surface area (Å²) in [6, 6.07) is 8.57. The number of halogens is 2. The second kappa shape index (κ2) is 11.6. The Kier molecular flexibility index (Phi) is 7.79. The first-order valence-electron chi connectivity index (χ1n) is 13.9. The molecule has 0 atom stereocenters. The Balaban J connectivity index is 1.18. The fraction of sp³-hybridized carbons (Fsp3) is 0.571. The van der Waals surface area contributed by atoms with Gasteiger partial charge in [0.05, 0.1) is 37.0 Å². The third-order valence-corrected chi connectivity index (χ3v) is 8.07. The number of nitrogens with zero attached hydrogens (tertiary/aromatic N) is 6. The number of carbonyl (C=O) groups is 1. The molecule has 3 aliphatic rings. The SMILES string of the molecule is COC1CCC(C(=O)N2CC(COc3cc(-n4c(C(F)F)nc5ccccc54)nc(N4CCOCC4)n3)C2)CC1. The minimum Gasteiger partial charge on any atom is -0.477 e. The average Bonchev–Trinajstić information content (AvgIpc) is 3.37. The van der Waals surface area contributed by atoms with Gasteiger partial charge >= 0.3 is 0 Å². The van der Waals surface area contributed by atoms with E-state index >= 15 is 0 Å². The lowest BCUT2D eigenvalue weighted by atomic mass is 9.85. The number of benzene rings is 1.